The van der Waals surface area contributed by atoms with Crippen molar-refractivity contribution in [1.29, 1.82) is 0 Å². The fourth-order valence-electron chi connectivity index (χ4n) is 3.71. The molecule has 0 radical (unpaired) electrons. The van der Waals surface area contributed by atoms with Crippen molar-refractivity contribution in [2.45, 2.75) is 38.5 Å². The van der Waals surface area contributed by atoms with E-state index in [1.807, 2.05) is 0 Å². The largest absolute Gasteiger partial charge is 0.462 e. The van der Waals surface area contributed by atoms with E-state index >= 15 is 0 Å². The summed E-state index contributed by atoms with van der Waals surface area (Å²) in [6.45, 7) is 6.60. The number of anilines is 1. The number of carbonyl (C=O) groups is 2. The Kier molecular flexibility index (Phi) is 6.21. The highest BCUT2D eigenvalue weighted by atomic mass is 32.2. The fourth-order valence-corrected chi connectivity index (χ4v) is 5.27. The molecule has 1 amide bonds. The number of amides is 1. The lowest BCUT2D eigenvalue weighted by atomic mass is 10.2. The number of hydrogen-bond acceptors (Lipinski definition) is 5. The minimum absolute atomic E-state index is 0.0269. The highest BCUT2D eigenvalue weighted by Gasteiger charge is 2.33. The molecule has 162 valence electrons. The zero-order chi connectivity index (χ0) is 22.1. The lowest BCUT2D eigenvalue weighted by Gasteiger charge is -2.17. The molecule has 0 unspecified atom stereocenters. The van der Waals surface area contributed by atoms with Gasteiger partial charge in [-0.2, -0.15) is 0 Å². The number of ether oxygens (including phenoxy) is 1. The van der Waals surface area contributed by atoms with E-state index in [2.05, 4.69) is 4.72 Å². The van der Waals surface area contributed by atoms with Gasteiger partial charge in [0.05, 0.1) is 17.7 Å². The lowest BCUT2D eigenvalue weighted by molar-refractivity contribution is 0.0526. The summed E-state index contributed by atoms with van der Waals surface area (Å²) in [5.74, 6) is -0.801. The van der Waals surface area contributed by atoms with Gasteiger partial charge in [0, 0.05) is 37.2 Å². The third-order valence-electron chi connectivity index (χ3n) is 5.43. The van der Waals surface area contributed by atoms with E-state index in [-0.39, 0.29) is 34.2 Å². The molecule has 2 heterocycles. The smallest absolute Gasteiger partial charge is 0.338 e. The average molecular weight is 434 g/mol. The Labute approximate surface area is 176 Å². The summed E-state index contributed by atoms with van der Waals surface area (Å²) in [6, 6.07) is 6.09. The van der Waals surface area contributed by atoms with E-state index in [0.717, 1.165) is 12.8 Å². The first-order chi connectivity index (χ1) is 14.2. The summed E-state index contributed by atoms with van der Waals surface area (Å²) < 4.78 is 35.9. The van der Waals surface area contributed by atoms with Crippen molar-refractivity contribution in [2.75, 3.05) is 24.4 Å². The number of carbonyl (C=O) groups excluding carboxylic acids is 2. The molecule has 0 saturated carbocycles. The van der Waals surface area contributed by atoms with Crippen molar-refractivity contribution in [1.82, 2.24) is 9.47 Å². The molecule has 1 aliphatic rings. The molecule has 8 nitrogen and oxygen atoms in total. The van der Waals surface area contributed by atoms with Crippen molar-refractivity contribution < 1.29 is 22.7 Å². The number of nitrogens with zero attached hydrogens (tertiary/aromatic N) is 2. The number of benzene rings is 1. The zero-order valence-electron chi connectivity index (χ0n) is 17.7. The van der Waals surface area contributed by atoms with Crippen LogP contribution in [-0.4, -0.2) is 49.5 Å². The second-order valence-corrected chi connectivity index (χ2v) is 8.96. The standard InChI is InChI=1S/C21H27N3O5S/c1-5-29-21(26)16-9-8-10-17(13-16)22-30(27,28)19-15(3)23(4)14(2)18(19)20(25)24-11-6-7-12-24/h8-10,13,22H,5-7,11-12H2,1-4H3. The van der Waals surface area contributed by atoms with E-state index < -0.39 is 16.0 Å². The van der Waals surface area contributed by atoms with Crippen LogP contribution in [0.4, 0.5) is 5.69 Å². The number of sulfonamides is 1. The van der Waals surface area contributed by atoms with Gasteiger partial charge in [-0.3, -0.25) is 9.52 Å². The van der Waals surface area contributed by atoms with Gasteiger partial charge in [-0.15, -0.1) is 0 Å². The summed E-state index contributed by atoms with van der Waals surface area (Å²) in [6.07, 6.45) is 1.83. The molecule has 1 fully saturated rings. The maximum Gasteiger partial charge on any atom is 0.338 e. The summed E-state index contributed by atoms with van der Waals surface area (Å²) in [7, 11) is -2.33. The highest BCUT2D eigenvalue weighted by Crippen LogP contribution is 2.30. The monoisotopic (exact) mass is 433 g/mol. The van der Waals surface area contributed by atoms with E-state index in [0.29, 0.717) is 24.5 Å². The van der Waals surface area contributed by atoms with Gasteiger partial charge in [-0.05, 0) is 51.8 Å². The van der Waals surface area contributed by atoms with E-state index in [9.17, 15) is 18.0 Å². The minimum Gasteiger partial charge on any atom is -0.462 e. The topological polar surface area (TPSA) is 97.7 Å². The van der Waals surface area contributed by atoms with Crippen LogP contribution in [0.15, 0.2) is 29.2 Å². The number of likely N-dealkylation sites (tertiary alicyclic amines) is 1. The normalized spacial score (nSPS) is 14.1. The van der Waals surface area contributed by atoms with Crippen LogP contribution >= 0.6 is 0 Å². The van der Waals surface area contributed by atoms with Gasteiger partial charge in [0.15, 0.2) is 0 Å². The number of aromatic nitrogens is 1. The predicted molar refractivity (Wildman–Crippen MR) is 113 cm³/mol. The summed E-state index contributed by atoms with van der Waals surface area (Å²) in [5, 5.41) is 0. The molecule has 3 rings (SSSR count). The van der Waals surface area contributed by atoms with E-state index in [1.165, 1.54) is 6.07 Å². The molecular weight excluding hydrogens is 406 g/mol. The van der Waals surface area contributed by atoms with Crippen molar-refractivity contribution in [3.63, 3.8) is 0 Å². The van der Waals surface area contributed by atoms with Crippen LogP contribution in [0.1, 0.15) is 51.9 Å². The average Bonchev–Trinajstić information content (AvgIpc) is 3.31. The molecule has 0 atom stereocenters. The van der Waals surface area contributed by atoms with Gasteiger partial charge >= 0.3 is 5.97 Å². The van der Waals surface area contributed by atoms with Gasteiger partial charge < -0.3 is 14.2 Å². The van der Waals surface area contributed by atoms with E-state index in [1.54, 1.807) is 55.5 Å². The van der Waals surface area contributed by atoms with Crippen molar-refractivity contribution >= 4 is 27.6 Å². The van der Waals surface area contributed by atoms with Crippen LogP contribution in [0.3, 0.4) is 0 Å². The first-order valence-electron chi connectivity index (χ1n) is 9.92. The minimum atomic E-state index is -4.08. The van der Waals surface area contributed by atoms with Crippen LogP contribution in [0.25, 0.3) is 0 Å². The highest BCUT2D eigenvalue weighted by molar-refractivity contribution is 7.92. The Morgan fingerprint density at radius 3 is 2.43 bits per heavy atom. The molecule has 1 aliphatic heterocycles. The maximum atomic E-state index is 13.3. The molecule has 1 saturated heterocycles. The summed E-state index contributed by atoms with van der Waals surface area (Å²) in [4.78, 5) is 26.8. The van der Waals surface area contributed by atoms with Crippen molar-refractivity contribution in [3.8, 4) is 0 Å². The molecule has 30 heavy (non-hydrogen) atoms. The summed E-state index contributed by atoms with van der Waals surface area (Å²) in [5.41, 5.74) is 1.74. The van der Waals surface area contributed by atoms with Crippen LogP contribution in [0, 0.1) is 13.8 Å². The van der Waals surface area contributed by atoms with E-state index in [4.69, 9.17) is 4.74 Å². The first kappa shape index (κ1) is 21.9. The second kappa shape index (κ2) is 8.51. The lowest BCUT2D eigenvalue weighted by Crippen LogP contribution is -2.30. The molecule has 2 aromatic rings. The van der Waals surface area contributed by atoms with Gasteiger partial charge in [-0.25, -0.2) is 13.2 Å². The summed E-state index contributed by atoms with van der Waals surface area (Å²) >= 11 is 0. The quantitative estimate of drug-likeness (QED) is 0.707. The molecular formula is C21H27N3O5S. The van der Waals surface area contributed by atoms with Crippen LogP contribution in [0.5, 0.6) is 0 Å². The molecule has 0 bridgehead atoms. The van der Waals surface area contributed by atoms with Gasteiger partial charge in [-0.1, -0.05) is 6.07 Å². The molecule has 0 spiro atoms. The van der Waals surface area contributed by atoms with Gasteiger partial charge in [0.1, 0.15) is 4.90 Å². The van der Waals surface area contributed by atoms with Crippen molar-refractivity contribution in [2.24, 2.45) is 7.05 Å². The predicted octanol–water partition coefficient (Wildman–Crippen LogP) is 2.86. The number of hydrogen-bond donors (Lipinski definition) is 1. The SMILES string of the molecule is CCOC(=O)c1cccc(NS(=O)(=O)c2c(C(=O)N3CCCC3)c(C)n(C)c2C)c1. The number of rotatable bonds is 6. The Morgan fingerprint density at radius 1 is 1.13 bits per heavy atom. The van der Waals surface area contributed by atoms with Crippen LogP contribution < -0.4 is 4.72 Å². The molecule has 1 aromatic heterocycles. The first-order valence-corrected chi connectivity index (χ1v) is 11.4. The maximum absolute atomic E-state index is 13.3. The van der Waals surface area contributed by atoms with Crippen LogP contribution in [0.2, 0.25) is 0 Å². The third kappa shape index (κ3) is 4.07. The zero-order valence-corrected chi connectivity index (χ0v) is 18.5. The Hall–Kier alpha value is -2.81. The molecule has 9 heteroatoms. The second-order valence-electron chi connectivity index (χ2n) is 7.34. The molecule has 1 N–H and O–H groups in total. The fraction of sp³-hybridized carbons (Fsp3) is 0.429. The number of esters is 1. The Balaban J connectivity index is 2.01. The Bertz CT molecular complexity index is 1080. The van der Waals surface area contributed by atoms with Crippen molar-refractivity contribution in [3.05, 3.63) is 46.8 Å². The Morgan fingerprint density at radius 2 is 1.80 bits per heavy atom. The molecule has 1 aromatic carbocycles. The van der Waals surface area contributed by atoms with Gasteiger partial charge in [0.25, 0.3) is 15.9 Å². The molecule has 0 aliphatic carbocycles. The number of nitrogens with one attached hydrogen (secondary N) is 1. The third-order valence-corrected chi connectivity index (χ3v) is 6.97. The van der Waals surface area contributed by atoms with Crippen LogP contribution in [-0.2, 0) is 21.8 Å². The van der Waals surface area contributed by atoms with Gasteiger partial charge in [0.2, 0.25) is 0 Å².